The van der Waals surface area contributed by atoms with E-state index in [4.69, 9.17) is 4.74 Å². The van der Waals surface area contributed by atoms with Gasteiger partial charge < -0.3 is 9.64 Å². The van der Waals surface area contributed by atoms with Crippen LogP contribution in [-0.4, -0.2) is 43.4 Å². The van der Waals surface area contributed by atoms with Crippen LogP contribution in [0.15, 0.2) is 0 Å². The average Bonchev–Trinajstić information content (AvgIpc) is 2.94. The predicted molar refractivity (Wildman–Crippen MR) is 56.5 cm³/mol. The number of likely N-dealkylation sites (N-methyl/N-ethyl adjacent to an activating group) is 1. The Hall–Kier alpha value is -0.900. The number of hydrogen-bond donors (Lipinski definition) is 0. The molecular weight excluding hydrogens is 194 g/mol. The van der Waals surface area contributed by atoms with Crippen molar-refractivity contribution in [3.63, 3.8) is 0 Å². The zero-order chi connectivity index (χ0) is 11.3. The van der Waals surface area contributed by atoms with Gasteiger partial charge in [0.15, 0.2) is 0 Å². The summed E-state index contributed by atoms with van der Waals surface area (Å²) in [4.78, 5) is 23.6. The molecule has 1 rings (SSSR count). The molecule has 0 aromatic rings. The number of ether oxygens (including phenoxy) is 1. The van der Waals surface area contributed by atoms with Gasteiger partial charge in [0.25, 0.3) is 0 Å². The fraction of sp³-hybridized carbons (Fsp3) is 0.818. The number of hydrogen-bond acceptors (Lipinski definition) is 3. The van der Waals surface area contributed by atoms with Gasteiger partial charge in [0.05, 0.1) is 13.0 Å². The van der Waals surface area contributed by atoms with Crippen LogP contribution < -0.4 is 0 Å². The van der Waals surface area contributed by atoms with Crippen molar-refractivity contribution in [3.8, 4) is 0 Å². The van der Waals surface area contributed by atoms with Crippen LogP contribution in [0.1, 0.15) is 26.2 Å². The Morgan fingerprint density at radius 1 is 1.40 bits per heavy atom. The Morgan fingerprint density at radius 2 is 2.07 bits per heavy atom. The highest BCUT2D eigenvalue weighted by Gasteiger charge is 2.21. The molecule has 1 amide bonds. The Labute approximate surface area is 90.6 Å². The molecule has 1 aliphatic rings. The average molecular weight is 213 g/mol. The third kappa shape index (κ3) is 5.52. The van der Waals surface area contributed by atoms with E-state index in [0.29, 0.717) is 13.2 Å². The van der Waals surface area contributed by atoms with E-state index in [2.05, 4.69) is 0 Å². The molecule has 0 atom stereocenters. The minimum Gasteiger partial charge on any atom is -0.379 e. The van der Waals surface area contributed by atoms with Crippen LogP contribution in [0.4, 0.5) is 0 Å². The third-order valence-corrected chi connectivity index (χ3v) is 2.45. The van der Waals surface area contributed by atoms with Crippen LogP contribution in [-0.2, 0) is 14.3 Å². The maximum absolute atomic E-state index is 11.3. The smallest absolute Gasteiger partial charge is 0.229 e. The fourth-order valence-electron chi connectivity index (χ4n) is 1.21. The molecule has 0 aliphatic heterocycles. The molecule has 4 nitrogen and oxygen atoms in total. The van der Waals surface area contributed by atoms with E-state index in [0.717, 1.165) is 12.5 Å². The molecule has 0 spiro atoms. The van der Waals surface area contributed by atoms with E-state index in [9.17, 15) is 9.59 Å². The second kappa shape index (κ2) is 5.85. The van der Waals surface area contributed by atoms with Crippen LogP contribution in [0.2, 0.25) is 0 Å². The third-order valence-electron chi connectivity index (χ3n) is 2.45. The standard InChI is InChI=1S/C11H19NO3/c1-9(13)7-11(14)12(2)5-6-15-8-10-3-4-10/h10H,3-8H2,1-2H3. The summed E-state index contributed by atoms with van der Waals surface area (Å²) < 4.78 is 5.40. The van der Waals surface area contributed by atoms with Gasteiger partial charge in [0, 0.05) is 20.2 Å². The van der Waals surface area contributed by atoms with Gasteiger partial charge in [-0.25, -0.2) is 0 Å². The summed E-state index contributed by atoms with van der Waals surface area (Å²) in [5, 5.41) is 0. The second-order valence-electron chi connectivity index (χ2n) is 4.21. The molecule has 1 saturated carbocycles. The second-order valence-corrected chi connectivity index (χ2v) is 4.21. The van der Waals surface area contributed by atoms with Gasteiger partial charge in [-0.05, 0) is 25.7 Å². The quantitative estimate of drug-likeness (QED) is 0.465. The lowest BCUT2D eigenvalue weighted by Crippen LogP contribution is -2.31. The summed E-state index contributed by atoms with van der Waals surface area (Å²) in [6.07, 6.45) is 2.55. The Kier molecular flexibility index (Phi) is 4.75. The molecule has 15 heavy (non-hydrogen) atoms. The van der Waals surface area contributed by atoms with Gasteiger partial charge in [-0.15, -0.1) is 0 Å². The summed E-state index contributed by atoms with van der Waals surface area (Å²) in [6, 6.07) is 0. The van der Waals surface area contributed by atoms with Gasteiger partial charge in [0.1, 0.15) is 5.78 Å². The van der Waals surface area contributed by atoms with E-state index in [1.165, 1.54) is 19.8 Å². The number of nitrogens with zero attached hydrogens (tertiary/aromatic N) is 1. The van der Waals surface area contributed by atoms with E-state index >= 15 is 0 Å². The lowest BCUT2D eigenvalue weighted by molar-refractivity contribution is -0.134. The van der Waals surface area contributed by atoms with E-state index in [1.807, 2.05) is 0 Å². The minimum atomic E-state index is -0.127. The molecule has 0 aromatic heterocycles. The number of carbonyl (C=O) groups excluding carboxylic acids is 2. The van der Waals surface area contributed by atoms with Gasteiger partial charge >= 0.3 is 0 Å². The van der Waals surface area contributed by atoms with Crippen molar-refractivity contribution in [1.82, 2.24) is 4.90 Å². The SMILES string of the molecule is CC(=O)CC(=O)N(C)CCOCC1CC1. The summed E-state index contributed by atoms with van der Waals surface area (Å²) in [5.74, 6) is 0.534. The Balaban J connectivity index is 2.02. The van der Waals surface area contributed by atoms with Crippen molar-refractivity contribution in [2.24, 2.45) is 5.92 Å². The molecule has 0 saturated heterocycles. The molecule has 1 fully saturated rings. The number of rotatable bonds is 7. The lowest BCUT2D eigenvalue weighted by Gasteiger charge is -2.16. The maximum atomic E-state index is 11.3. The van der Waals surface area contributed by atoms with Crippen molar-refractivity contribution >= 4 is 11.7 Å². The van der Waals surface area contributed by atoms with E-state index in [-0.39, 0.29) is 18.1 Å². The Morgan fingerprint density at radius 3 is 2.60 bits per heavy atom. The molecule has 0 unspecified atom stereocenters. The van der Waals surface area contributed by atoms with Gasteiger partial charge in [0.2, 0.25) is 5.91 Å². The first-order valence-corrected chi connectivity index (χ1v) is 5.40. The summed E-state index contributed by atoms with van der Waals surface area (Å²) >= 11 is 0. The molecular formula is C11H19NO3. The largest absolute Gasteiger partial charge is 0.379 e. The van der Waals surface area contributed by atoms with Crippen molar-refractivity contribution in [2.75, 3.05) is 26.8 Å². The van der Waals surface area contributed by atoms with Crippen LogP contribution in [0.3, 0.4) is 0 Å². The number of amides is 1. The Bertz CT molecular complexity index is 236. The first kappa shape index (κ1) is 12.2. The van der Waals surface area contributed by atoms with Crippen LogP contribution in [0, 0.1) is 5.92 Å². The molecule has 0 radical (unpaired) electrons. The maximum Gasteiger partial charge on any atom is 0.229 e. The summed E-state index contributed by atoms with van der Waals surface area (Å²) in [6.45, 7) is 3.37. The van der Waals surface area contributed by atoms with Gasteiger partial charge in [-0.2, -0.15) is 0 Å². The zero-order valence-electron chi connectivity index (χ0n) is 9.49. The molecule has 1 aliphatic carbocycles. The number of ketones is 1. The number of carbonyl (C=O) groups is 2. The van der Waals surface area contributed by atoms with Crippen LogP contribution >= 0.6 is 0 Å². The van der Waals surface area contributed by atoms with Crippen molar-refractivity contribution in [1.29, 1.82) is 0 Å². The lowest BCUT2D eigenvalue weighted by atomic mass is 10.3. The molecule has 0 N–H and O–H groups in total. The molecule has 0 aromatic carbocycles. The highest BCUT2D eigenvalue weighted by Crippen LogP contribution is 2.28. The summed E-state index contributed by atoms with van der Waals surface area (Å²) in [5.41, 5.74) is 0. The van der Waals surface area contributed by atoms with E-state index in [1.54, 1.807) is 11.9 Å². The van der Waals surface area contributed by atoms with Crippen molar-refractivity contribution < 1.29 is 14.3 Å². The number of Topliss-reactive ketones (excluding diaryl/α,β-unsaturated/α-hetero) is 1. The molecule has 0 bridgehead atoms. The zero-order valence-corrected chi connectivity index (χ0v) is 9.49. The van der Waals surface area contributed by atoms with Crippen LogP contribution in [0.5, 0.6) is 0 Å². The first-order chi connectivity index (χ1) is 7.09. The topological polar surface area (TPSA) is 46.6 Å². The summed E-state index contributed by atoms with van der Waals surface area (Å²) in [7, 11) is 1.70. The van der Waals surface area contributed by atoms with Gasteiger partial charge in [-0.3, -0.25) is 9.59 Å². The predicted octanol–water partition coefficient (Wildman–Crippen LogP) is 0.851. The molecule has 4 heteroatoms. The minimum absolute atomic E-state index is 0.000868. The molecule has 86 valence electrons. The van der Waals surface area contributed by atoms with Crippen molar-refractivity contribution in [3.05, 3.63) is 0 Å². The normalized spacial score (nSPS) is 15.1. The van der Waals surface area contributed by atoms with E-state index < -0.39 is 0 Å². The monoisotopic (exact) mass is 213 g/mol. The van der Waals surface area contributed by atoms with Gasteiger partial charge in [-0.1, -0.05) is 0 Å². The van der Waals surface area contributed by atoms with Crippen molar-refractivity contribution in [2.45, 2.75) is 26.2 Å². The highest BCUT2D eigenvalue weighted by molar-refractivity contribution is 5.96. The molecule has 0 heterocycles. The first-order valence-electron chi connectivity index (χ1n) is 5.40. The van der Waals surface area contributed by atoms with Crippen LogP contribution in [0.25, 0.3) is 0 Å². The fourth-order valence-corrected chi connectivity index (χ4v) is 1.21. The highest BCUT2D eigenvalue weighted by atomic mass is 16.5.